The molecule has 1 aromatic carbocycles. The molecule has 0 radical (unpaired) electrons. The highest BCUT2D eigenvalue weighted by atomic mass is 79.9. The number of aryl methyl sites for hydroxylation is 1. The molecule has 24 heavy (non-hydrogen) atoms. The largest absolute Gasteiger partial charge is 0.355 e. The lowest BCUT2D eigenvalue weighted by Gasteiger charge is -2.18. The number of halogens is 3. The molecular weight excluding hydrogens is 411 g/mol. The van der Waals surface area contributed by atoms with Crippen molar-refractivity contribution in [3.05, 3.63) is 57.4 Å². The Kier molecular flexibility index (Phi) is 4.85. The van der Waals surface area contributed by atoms with E-state index in [-0.39, 0.29) is 0 Å². The van der Waals surface area contributed by atoms with Gasteiger partial charge in [-0.2, -0.15) is 0 Å². The first kappa shape index (κ1) is 17.3. The van der Waals surface area contributed by atoms with Crippen LogP contribution >= 0.6 is 39.1 Å². The molecule has 0 unspecified atom stereocenters. The smallest absolute Gasteiger partial charge is 0.151 e. The Morgan fingerprint density at radius 1 is 1.33 bits per heavy atom. The SMILES string of the molecule is C=CCN(C)c1nc(C)nc2c1c(Br)cn2-c1ccc(Cl)cc1Cl. The fourth-order valence-electron chi connectivity index (χ4n) is 2.59. The Balaban J connectivity index is 2.30. The number of fused-ring (bicyclic) bond motifs is 1. The van der Waals surface area contributed by atoms with Gasteiger partial charge in [0.05, 0.1) is 16.1 Å². The molecule has 0 spiro atoms. The molecule has 0 aliphatic heterocycles. The van der Waals surface area contributed by atoms with Gasteiger partial charge in [-0.3, -0.25) is 4.57 Å². The van der Waals surface area contributed by atoms with Crippen molar-refractivity contribution < 1.29 is 0 Å². The maximum Gasteiger partial charge on any atom is 0.151 e. The molecular formula is C17H15BrCl2N4. The molecule has 0 bridgehead atoms. The lowest BCUT2D eigenvalue weighted by atomic mass is 10.3. The molecule has 124 valence electrons. The highest BCUT2D eigenvalue weighted by molar-refractivity contribution is 9.10. The number of hydrogen-bond donors (Lipinski definition) is 0. The van der Waals surface area contributed by atoms with Crippen LogP contribution in [0.3, 0.4) is 0 Å². The van der Waals surface area contributed by atoms with Crippen molar-refractivity contribution in [3.8, 4) is 5.69 Å². The summed E-state index contributed by atoms with van der Waals surface area (Å²) in [6.07, 6.45) is 3.78. The second-order valence-corrected chi connectivity index (χ2v) is 7.10. The molecule has 0 atom stereocenters. The van der Waals surface area contributed by atoms with E-state index >= 15 is 0 Å². The van der Waals surface area contributed by atoms with Crippen molar-refractivity contribution >= 4 is 56.0 Å². The predicted octanol–water partition coefficient (Wildman–Crippen LogP) is 5.42. The molecule has 0 aliphatic carbocycles. The lowest BCUT2D eigenvalue weighted by Crippen LogP contribution is -2.19. The van der Waals surface area contributed by atoms with E-state index in [1.54, 1.807) is 12.1 Å². The Labute approximate surface area is 158 Å². The van der Waals surface area contributed by atoms with Gasteiger partial charge in [0, 0.05) is 29.3 Å². The highest BCUT2D eigenvalue weighted by Crippen LogP contribution is 2.36. The fourth-order valence-corrected chi connectivity index (χ4v) is 3.65. The summed E-state index contributed by atoms with van der Waals surface area (Å²) in [6.45, 7) is 6.35. The Bertz CT molecular complexity index is 936. The number of aromatic nitrogens is 3. The summed E-state index contributed by atoms with van der Waals surface area (Å²) in [6, 6.07) is 5.40. The summed E-state index contributed by atoms with van der Waals surface area (Å²) in [5.74, 6) is 1.53. The first-order chi connectivity index (χ1) is 11.4. The van der Waals surface area contributed by atoms with Gasteiger partial charge in [0.15, 0.2) is 5.65 Å². The molecule has 2 heterocycles. The molecule has 0 saturated carbocycles. The van der Waals surface area contributed by atoms with Gasteiger partial charge >= 0.3 is 0 Å². The zero-order valence-corrected chi connectivity index (χ0v) is 16.3. The van der Waals surface area contributed by atoms with Gasteiger partial charge in [0.1, 0.15) is 11.6 Å². The number of hydrogen-bond acceptors (Lipinski definition) is 3. The van der Waals surface area contributed by atoms with Crippen LogP contribution in [-0.4, -0.2) is 28.1 Å². The monoisotopic (exact) mass is 424 g/mol. The van der Waals surface area contributed by atoms with E-state index < -0.39 is 0 Å². The van der Waals surface area contributed by atoms with E-state index in [1.165, 1.54) is 0 Å². The first-order valence-corrected chi connectivity index (χ1v) is 8.80. The van der Waals surface area contributed by atoms with Crippen LogP contribution in [0.25, 0.3) is 16.7 Å². The van der Waals surface area contributed by atoms with E-state index in [0.29, 0.717) is 22.4 Å². The van der Waals surface area contributed by atoms with Crippen molar-refractivity contribution in [1.29, 1.82) is 0 Å². The maximum absolute atomic E-state index is 6.38. The van der Waals surface area contributed by atoms with Crippen molar-refractivity contribution in [2.45, 2.75) is 6.92 Å². The van der Waals surface area contributed by atoms with Gasteiger partial charge < -0.3 is 4.90 Å². The zero-order chi connectivity index (χ0) is 17.4. The van der Waals surface area contributed by atoms with E-state index in [1.807, 2.05) is 41.8 Å². The Hall–Kier alpha value is -1.56. The number of anilines is 1. The van der Waals surface area contributed by atoms with Crippen LogP contribution in [0.1, 0.15) is 5.82 Å². The van der Waals surface area contributed by atoms with Gasteiger partial charge in [0.2, 0.25) is 0 Å². The standard InChI is InChI=1S/C17H15BrCl2N4/c1-4-7-23(3)16-15-12(18)9-24(17(15)22-10(2)21-16)14-6-5-11(19)8-13(14)20/h4-6,8-9H,1,7H2,2-3H3. The zero-order valence-electron chi connectivity index (χ0n) is 13.2. The molecule has 0 N–H and O–H groups in total. The average Bonchev–Trinajstić information content (AvgIpc) is 2.83. The van der Waals surface area contributed by atoms with Gasteiger partial charge in [-0.05, 0) is 41.1 Å². The summed E-state index contributed by atoms with van der Waals surface area (Å²) >= 11 is 16.0. The van der Waals surface area contributed by atoms with Crippen molar-refractivity contribution in [1.82, 2.24) is 14.5 Å². The Morgan fingerprint density at radius 3 is 2.75 bits per heavy atom. The Morgan fingerprint density at radius 2 is 2.08 bits per heavy atom. The molecule has 0 amide bonds. The minimum absolute atomic E-state index is 0.559. The van der Waals surface area contributed by atoms with Crippen molar-refractivity contribution in [3.63, 3.8) is 0 Å². The van der Waals surface area contributed by atoms with Crippen LogP contribution in [0, 0.1) is 6.92 Å². The van der Waals surface area contributed by atoms with Gasteiger partial charge in [-0.1, -0.05) is 29.3 Å². The summed E-state index contributed by atoms with van der Waals surface area (Å²) < 4.78 is 2.84. The molecule has 0 saturated heterocycles. The minimum Gasteiger partial charge on any atom is -0.355 e. The minimum atomic E-state index is 0.559. The van der Waals surface area contributed by atoms with E-state index in [0.717, 1.165) is 27.0 Å². The molecule has 4 nitrogen and oxygen atoms in total. The first-order valence-electron chi connectivity index (χ1n) is 7.25. The van der Waals surface area contributed by atoms with E-state index in [4.69, 9.17) is 23.2 Å². The molecule has 0 fully saturated rings. The van der Waals surface area contributed by atoms with Crippen molar-refractivity contribution in [2.75, 3.05) is 18.5 Å². The number of benzene rings is 1. The van der Waals surface area contributed by atoms with Crippen LogP contribution in [-0.2, 0) is 0 Å². The second kappa shape index (κ2) is 6.75. The normalized spacial score (nSPS) is 11.0. The van der Waals surface area contributed by atoms with E-state index in [2.05, 4.69) is 32.5 Å². The number of rotatable bonds is 4. The van der Waals surface area contributed by atoms with Gasteiger partial charge in [-0.25, -0.2) is 9.97 Å². The molecule has 0 aliphatic rings. The number of likely N-dealkylation sites (N-methyl/N-ethyl adjacent to an activating group) is 1. The van der Waals surface area contributed by atoms with Crippen LogP contribution in [0.2, 0.25) is 10.0 Å². The predicted molar refractivity (Wildman–Crippen MR) is 105 cm³/mol. The summed E-state index contributed by atoms with van der Waals surface area (Å²) in [4.78, 5) is 11.2. The van der Waals surface area contributed by atoms with Crippen LogP contribution in [0.4, 0.5) is 5.82 Å². The second-order valence-electron chi connectivity index (χ2n) is 5.41. The van der Waals surface area contributed by atoms with E-state index in [9.17, 15) is 0 Å². The quantitative estimate of drug-likeness (QED) is 0.523. The highest BCUT2D eigenvalue weighted by Gasteiger charge is 2.19. The van der Waals surface area contributed by atoms with Crippen LogP contribution in [0.15, 0.2) is 41.5 Å². The third-order valence-electron chi connectivity index (χ3n) is 3.63. The van der Waals surface area contributed by atoms with Crippen LogP contribution < -0.4 is 4.90 Å². The molecule has 3 rings (SSSR count). The summed E-state index contributed by atoms with van der Waals surface area (Å²) in [7, 11) is 1.97. The number of nitrogens with zero attached hydrogens (tertiary/aromatic N) is 4. The average molecular weight is 426 g/mol. The van der Waals surface area contributed by atoms with Gasteiger partial charge in [0.25, 0.3) is 0 Å². The summed E-state index contributed by atoms with van der Waals surface area (Å²) in [5.41, 5.74) is 1.59. The third-order valence-corrected chi connectivity index (χ3v) is 4.76. The molecule has 2 aromatic heterocycles. The fraction of sp³-hybridized carbons (Fsp3) is 0.176. The third kappa shape index (κ3) is 3.04. The van der Waals surface area contributed by atoms with Gasteiger partial charge in [-0.15, -0.1) is 6.58 Å². The lowest BCUT2D eigenvalue weighted by molar-refractivity contribution is 0.958. The molecule has 3 aromatic rings. The maximum atomic E-state index is 6.38. The van der Waals surface area contributed by atoms with Crippen LogP contribution in [0.5, 0.6) is 0 Å². The topological polar surface area (TPSA) is 34.0 Å². The summed E-state index contributed by atoms with van der Waals surface area (Å²) in [5, 5.41) is 2.08. The molecule has 7 heteroatoms. The van der Waals surface area contributed by atoms with Crippen molar-refractivity contribution in [2.24, 2.45) is 0 Å².